The van der Waals surface area contributed by atoms with Gasteiger partial charge in [-0.25, -0.2) is 0 Å². The molecule has 92 valence electrons. The number of ether oxygens (including phenoxy) is 1. The van der Waals surface area contributed by atoms with Gasteiger partial charge in [0.15, 0.2) is 0 Å². The number of hydrogen-bond donors (Lipinski definition) is 0. The maximum Gasteiger partial charge on any atom is 0.311 e. The lowest BCUT2D eigenvalue weighted by Gasteiger charge is -2.19. The Bertz CT molecular complexity index is 385. The zero-order chi connectivity index (χ0) is 12.9. The van der Waals surface area contributed by atoms with E-state index < -0.39 is 5.41 Å². The summed E-state index contributed by atoms with van der Waals surface area (Å²) in [6.07, 6.45) is 3.64. The summed E-state index contributed by atoms with van der Waals surface area (Å²) in [6.45, 7) is 7.41. The molecule has 0 unspecified atom stereocenters. The van der Waals surface area contributed by atoms with E-state index >= 15 is 0 Å². The van der Waals surface area contributed by atoms with Gasteiger partial charge in [0, 0.05) is 0 Å². The number of hydrogen-bond acceptors (Lipinski definition) is 2. The summed E-state index contributed by atoms with van der Waals surface area (Å²) in [7, 11) is 0. The minimum atomic E-state index is -0.450. The normalized spacial score (nSPS) is 13.6. The van der Waals surface area contributed by atoms with Gasteiger partial charge in [0.25, 0.3) is 0 Å². The summed E-state index contributed by atoms with van der Waals surface area (Å²) < 4.78 is 5.31. The van der Waals surface area contributed by atoms with Crippen molar-refractivity contribution in [1.29, 1.82) is 0 Å². The molecule has 0 aliphatic carbocycles. The van der Waals surface area contributed by atoms with Gasteiger partial charge in [-0.1, -0.05) is 36.4 Å². The fraction of sp³-hybridized carbons (Fsp3) is 0.400. The largest absolute Gasteiger partial charge is 0.458 e. The van der Waals surface area contributed by atoms with Gasteiger partial charge in [-0.2, -0.15) is 0 Å². The van der Waals surface area contributed by atoms with Crippen molar-refractivity contribution < 1.29 is 9.53 Å². The lowest BCUT2D eigenvalue weighted by molar-refractivity contribution is -0.155. The Kier molecular flexibility index (Phi) is 4.50. The quantitative estimate of drug-likeness (QED) is 0.743. The van der Waals surface area contributed by atoms with Gasteiger partial charge in [0.05, 0.1) is 5.41 Å². The molecule has 0 aromatic heterocycles. The fourth-order valence-electron chi connectivity index (χ4n) is 1.20. The fourth-order valence-corrected chi connectivity index (χ4v) is 1.20. The van der Waals surface area contributed by atoms with Crippen LogP contribution in [0.5, 0.6) is 0 Å². The number of carbonyl (C=O) groups excluding carboxylic acids is 1. The van der Waals surface area contributed by atoms with Crippen LogP contribution in [-0.4, -0.2) is 12.1 Å². The molecule has 0 N–H and O–H groups in total. The Labute approximate surface area is 103 Å². The van der Waals surface area contributed by atoms with Crippen LogP contribution in [0.3, 0.4) is 0 Å². The van der Waals surface area contributed by atoms with E-state index in [1.807, 2.05) is 70.2 Å². The molecule has 1 atom stereocenters. The standard InChI is InChI=1S/C15H20O2/c1-12(17-14(16)15(2,3)4)10-11-13-8-6-5-7-9-13/h5-12H,1-4H3/b11-10+/t12-/m1/s1. The summed E-state index contributed by atoms with van der Waals surface area (Å²) in [6, 6.07) is 9.95. The average molecular weight is 232 g/mol. The third-order valence-corrected chi connectivity index (χ3v) is 2.26. The number of carbonyl (C=O) groups is 1. The topological polar surface area (TPSA) is 26.3 Å². The van der Waals surface area contributed by atoms with Crippen LogP contribution >= 0.6 is 0 Å². The maximum atomic E-state index is 11.6. The predicted molar refractivity (Wildman–Crippen MR) is 70.5 cm³/mol. The van der Waals surface area contributed by atoms with Crippen LogP contribution in [0.15, 0.2) is 36.4 Å². The van der Waals surface area contributed by atoms with Gasteiger partial charge >= 0.3 is 5.97 Å². The molecule has 1 aromatic rings. The van der Waals surface area contributed by atoms with E-state index in [2.05, 4.69) is 0 Å². The van der Waals surface area contributed by atoms with E-state index in [0.717, 1.165) is 5.56 Å². The Hall–Kier alpha value is -1.57. The van der Waals surface area contributed by atoms with Gasteiger partial charge in [-0.3, -0.25) is 4.79 Å². The van der Waals surface area contributed by atoms with Crippen LogP contribution in [0, 0.1) is 5.41 Å². The molecule has 0 radical (unpaired) electrons. The van der Waals surface area contributed by atoms with E-state index in [9.17, 15) is 4.79 Å². The van der Waals surface area contributed by atoms with Crippen molar-refractivity contribution in [3.05, 3.63) is 42.0 Å². The van der Waals surface area contributed by atoms with E-state index in [-0.39, 0.29) is 12.1 Å². The van der Waals surface area contributed by atoms with Crippen molar-refractivity contribution in [2.45, 2.75) is 33.8 Å². The van der Waals surface area contributed by atoms with Gasteiger partial charge < -0.3 is 4.74 Å². The van der Waals surface area contributed by atoms with Crippen molar-refractivity contribution in [2.75, 3.05) is 0 Å². The molecule has 0 bridgehead atoms. The Balaban J connectivity index is 2.53. The van der Waals surface area contributed by atoms with Crippen molar-refractivity contribution >= 4 is 12.0 Å². The summed E-state index contributed by atoms with van der Waals surface area (Å²) >= 11 is 0. The lowest BCUT2D eigenvalue weighted by atomic mass is 9.97. The molecule has 2 heteroatoms. The minimum Gasteiger partial charge on any atom is -0.458 e. The highest BCUT2D eigenvalue weighted by Crippen LogP contribution is 2.16. The molecule has 0 spiro atoms. The third-order valence-electron chi connectivity index (χ3n) is 2.26. The second kappa shape index (κ2) is 5.67. The van der Waals surface area contributed by atoms with Gasteiger partial charge in [-0.05, 0) is 39.3 Å². The SMILES string of the molecule is C[C@H](/C=C/c1ccccc1)OC(=O)C(C)(C)C. The molecule has 0 fully saturated rings. The summed E-state index contributed by atoms with van der Waals surface area (Å²) in [4.78, 5) is 11.6. The van der Waals surface area contributed by atoms with Gasteiger partial charge in [0.2, 0.25) is 0 Å². The van der Waals surface area contributed by atoms with Gasteiger partial charge in [-0.15, -0.1) is 0 Å². The van der Waals surface area contributed by atoms with E-state index in [0.29, 0.717) is 0 Å². The molecule has 0 heterocycles. The van der Waals surface area contributed by atoms with Crippen molar-refractivity contribution in [1.82, 2.24) is 0 Å². The van der Waals surface area contributed by atoms with Crippen LogP contribution in [0.4, 0.5) is 0 Å². The van der Waals surface area contributed by atoms with Crippen molar-refractivity contribution in [2.24, 2.45) is 5.41 Å². The summed E-state index contributed by atoms with van der Waals surface area (Å²) in [5.41, 5.74) is 0.653. The first-order valence-electron chi connectivity index (χ1n) is 5.84. The van der Waals surface area contributed by atoms with Gasteiger partial charge in [0.1, 0.15) is 6.10 Å². The molecule has 0 aliphatic rings. The van der Waals surface area contributed by atoms with Crippen LogP contribution < -0.4 is 0 Å². The Morgan fingerprint density at radius 1 is 1.24 bits per heavy atom. The first-order valence-corrected chi connectivity index (χ1v) is 5.84. The van der Waals surface area contributed by atoms with E-state index in [4.69, 9.17) is 4.74 Å². The number of benzene rings is 1. The molecule has 0 saturated heterocycles. The predicted octanol–water partition coefficient (Wildman–Crippen LogP) is 3.68. The number of rotatable bonds is 3. The molecule has 0 saturated carbocycles. The highest BCUT2D eigenvalue weighted by atomic mass is 16.5. The molecular formula is C15H20O2. The summed E-state index contributed by atoms with van der Waals surface area (Å²) in [5.74, 6) is -0.178. The van der Waals surface area contributed by atoms with Crippen LogP contribution in [0.1, 0.15) is 33.3 Å². The summed E-state index contributed by atoms with van der Waals surface area (Å²) in [5, 5.41) is 0. The van der Waals surface area contributed by atoms with Crippen molar-refractivity contribution in [3.8, 4) is 0 Å². The van der Waals surface area contributed by atoms with E-state index in [1.54, 1.807) is 0 Å². The first kappa shape index (κ1) is 13.5. The van der Waals surface area contributed by atoms with Crippen LogP contribution in [-0.2, 0) is 9.53 Å². The minimum absolute atomic E-state index is 0.178. The van der Waals surface area contributed by atoms with E-state index in [1.165, 1.54) is 0 Å². The molecule has 0 amide bonds. The highest BCUT2D eigenvalue weighted by molar-refractivity contribution is 5.75. The molecule has 0 aliphatic heterocycles. The number of esters is 1. The Morgan fingerprint density at radius 2 is 1.82 bits per heavy atom. The first-order chi connectivity index (χ1) is 7.89. The smallest absolute Gasteiger partial charge is 0.311 e. The zero-order valence-corrected chi connectivity index (χ0v) is 10.9. The van der Waals surface area contributed by atoms with Crippen molar-refractivity contribution in [3.63, 3.8) is 0 Å². The highest BCUT2D eigenvalue weighted by Gasteiger charge is 2.24. The zero-order valence-electron chi connectivity index (χ0n) is 10.9. The maximum absolute atomic E-state index is 11.6. The Morgan fingerprint density at radius 3 is 2.35 bits per heavy atom. The average Bonchev–Trinajstić information content (AvgIpc) is 2.26. The molecule has 1 rings (SSSR count). The monoisotopic (exact) mass is 232 g/mol. The lowest BCUT2D eigenvalue weighted by Crippen LogP contribution is -2.26. The van der Waals surface area contributed by atoms with Crippen LogP contribution in [0.25, 0.3) is 6.08 Å². The molecule has 2 nitrogen and oxygen atoms in total. The second-order valence-electron chi connectivity index (χ2n) is 5.13. The molecule has 1 aromatic carbocycles. The second-order valence-corrected chi connectivity index (χ2v) is 5.13. The molecular weight excluding hydrogens is 212 g/mol. The third kappa shape index (κ3) is 4.85. The van der Waals surface area contributed by atoms with Crippen LogP contribution in [0.2, 0.25) is 0 Å². The molecule has 17 heavy (non-hydrogen) atoms.